The van der Waals surface area contributed by atoms with Crippen molar-refractivity contribution in [1.82, 2.24) is 9.88 Å². The zero-order chi connectivity index (χ0) is 23.5. The molecule has 1 atom stereocenters. The molecule has 8 heteroatoms. The Bertz CT molecular complexity index is 957. The Morgan fingerprint density at radius 3 is 2.41 bits per heavy atom. The summed E-state index contributed by atoms with van der Waals surface area (Å²) in [6, 6.07) is 3.45. The van der Waals surface area contributed by atoms with E-state index in [0.29, 0.717) is 19.0 Å². The minimum atomic E-state index is -3.30. The van der Waals surface area contributed by atoms with Crippen LogP contribution in [0, 0.1) is 12.8 Å². The van der Waals surface area contributed by atoms with Crippen LogP contribution < -0.4 is 0 Å². The van der Waals surface area contributed by atoms with E-state index in [9.17, 15) is 13.2 Å². The van der Waals surface area contributed by atoms with Crippen molar-refractivity contribution in [2.75, 3.05) is 26.0 Å². The van der Waals surface area contributed by atoms with Crippen molar-refractivity contribution in [2.45, 2.75) is 76.5 Å². The number of amides is 1. The van der Waals surface area contributed by atoms with Gasteiger partial charge in [0.1, 0.15) is 5.60 Å². The summed E-state index contributed by atoms with van der Waals surface area (Å²) in [7, 11) is -3.30. The van der Waals surface area contributed by atoms with Crippen LogP contribution in [0.5, 0.6) is 0 Å². The fraction of sp³-hybridized carbons (Fsp3) is 0.667. The van der Waals surface area contributed by atoms with Crippen LogP contribution in [0.25, 0.3) is 5.57 Å². The van der Waals surface area contributed by atoms with Crippen LogP contribution in [-0.2, 0) is 19.3 Å². The van der Waals surface area contributed by atoms with Crippen LogP contribution >= 0.6 is 0 Å². The van der Waals surface area contributed by atoms with Gasteiger partial charge in [-0.25, -0.2) is 18.2 Å². The minimum absolute atomic E-state index is 0.120. The van der Waals surface area contributed by atoms with E-state index in [1.54, 1.807) is 11.0 Å². The summed E-state index contributed by atoms with van der Waals surface area (Å²) in [4.78, 5) is 18.3. The first kappa shape index (κ1) is 24.7. The number of ether oxygens (including phenoxy) is 2. The molecule has 0 N–H and O–H groups in total. The van der Waals surface area contributed by atoms with E-state index in [2.05, 4.69) is 11.1 Å². The number of piperidine rings is 1. The number of aryl methyl sites for hydroxylation is 1. The zero-order valence-electron chi connectivity index (χ0n) is 19.9. The maximum atomic E-state index is 12.2. The molecule has 0 aromatic carbocycles. The Kier molecular flexibility index (Phi) is 7.65. The Morgan fingerprint density at radius 2 is 1.88 bits per heavy atom. The molecule has 3 rings (SSSR count). The highest BCUT2D eigenvalue weighted by Gasteiger charge is 2.28. The Labute approximate surface area is 192 Å². The molecule has 0 spiro atoms. The highest BCUT2D eigenvalue weighted by Crippen LogP contribution is 2.31. The number of likely N-dealkylation sites (tertiary alicyclic amines) is 1. The summed E-state index contributed by atoms with van der Waals surface area (Å²) in [6.45, 7) is 9.67. The van der Waals surface area contributed by atoms with E-state index in [0.717, 1.165) is 50.0 Å². The first-order valence-corrected chi connectivity index (χ1v) is 13.3. The molecule has 0 saturated carbocycles. The number of rotatable bonds is 5. The predicted octanol–water partition coefficient (Wildman–Crippen LogP) is 4.39. The normalized spacial score (nSPS) is 20.7. The molecular formula is C24H36N2O5S. The number of carbonyl (C=O) groups excluding carboxylic acids is 1. The van der Waals surface area contributed by atoms with Crippen molar-refractivity contribution in [3.8, 4) is 0 Å². The maximum Gasteiger partial charge on any atom is 0.410 e. The van der Waals surface area contributed by atoms with E-state index in [-0.39, 0.29) is 17.2 Å². The first-order chi connectivity index (χ1) is 14.9. The monoisotopic (exact) mass is 464 g/mol. The van der Waals surface area contributed by atoms with Gasteiger partial charge in [0.05, 0.1) is 6.10 Å². The third-order valence-corrected chi connectivity index (χ3v) is 6.97. The van der Waals surface area contributed by atoms with Gasteiger partial charge in [0.25, 0.3) is 0 Å². The molecule has 1 unspecified atom stereocenters. The van der Waals surface area contributed by atoms with E-state index in [1.807, 2.05) is 33.8 Å². The third-order valence-electron chi connectivity index (χ3n) is 5.98. The topological polar surface area (TPSA) is 85.8 Å². The molecule has 0 bridgehead atoms. The lowest BCUT2D eigenvalue weighted by molar-refractivity contribution is -0.00377. The van der Waals surface area contributed by atoms with Gasteiger partial charge in [0.15, 0.2) is 14.9 Å². The lowest BCUT2D eigenvalue weighted by Crippen LogP contribution is -2.42. The van der Waals surface area contributed by atoms with Crippen molar-refractivity contribution in [3.63, 3.8) is 0 Å². The van der Waals surface area contributed by atoms with Crippen molar-refractivity contribution in [1.29, 1.82) is 0 Å². The molecule has 1 aromatic rings. The van der Waals surface area contributed by atoms with E-state index in [4.69, 9.17) is 9.47 Å². The van der Waals surface area contributed by atoms with Gasteiger partial charge in [0.2, 0.25) is 0 Å². The van der Waals surface area contributed by atoms with Crippen molar-refractivity contribution < 1.29 is 22.7 Å². The number of carbonyl (C=O) groups is 1. The van der Waals surface area contributed by atoms with Crippen LogP contribution in [0.3, 0.4) is 0 Å². The lowest BCUT2D eigenvalue weighted by atomic mass is 9.91. The molecule has 2 aliphatic rings. The summed E-state index contributed by atoms with van der Waals surface area (Å²) in [5, 5.41) is 0.120. The summed E-state index contributed by atoms with van der Waals surface area (Å²) in [5.74, 6) is 0.467. The van der Waals surface area contributed by atoms with Crippen molar-refractivity contribution in [2.24, 2.45) is 5.92 Å². The van der Waals surface area contributed by atoms with E-state index < -0.39 is 15.4 Å². The zero-order valence-corrected chi connectivity index (χ0v) is 20.7. The molecule has 1 saturated heterocycles. The highest BCUT2D eigenvalue weighted by atomic mass is 32.2. The van der Waals surface area contributed by atoms with Crippen LogP contribution in [-0.4, -0.2) is 62.1 Å². The molecule has 178 valence electrons. The van der Waals surface area contributed by atoms with Gasteiger partial charge in [-0.2, -0.15) is 0 Å². The fourth-order valence-electron chi connectivity index (χ4n) is 4.17. The molecule has 1 fully saturated rings. The summed E-state index contributed by atoms with van der Waals surface area (Å²) < 4.78 is 35.1. The minimum Gasteiger partial charge on any atom is -0.444 e. The number of nitrogens with zero attached hydrogens (tertiary/aromatic N) is 2. The predicted molar refractivity (Wildman–Crippen MR) is 124 cm³/mol. The van der Waals surface area contributed by atoms with Gasteiger partial charge in [-0.3, -0.25) is 0 Å². The highest BCUT2D eigenvalue weighted by molar-refractivity contribution is 7.90. The molecule has 7 nitrogen and oxygen atoms in total. The van der Waals surface area contributed by atoms with Crippen molar-refractivity contribution >= 4 is 21.5 Å². The maximum absolute atomic E-state index is 12.2. The molecule has 2 heterocycles. The van der Waals surface area contributed by atoms with Gasteiger partial charge >= 0.3 is 6.09 Å². The number of sulfone groups is 1. The first-order valence-electron chi connectivity index (χ1n) is 11.4. The van der Waals surface area contributed by atoms with Crippen molar-refractivity contribution in [3.05, 3.63) is 29.5 Å². The third kappa shape index (κ3) is 6.78. The number of allylic oxidation sites excluding steroid dienone is 1. The number of hydrogen-bond acceptors (Lipinski definition) is 6. The SMILES string of the molecule is Cc1nc(S(C)(=O)=O)ccc1C1=CCC(OCC2CCN(C(=O)OC(C)(C)C)CC2)CC1. The second kappa shape index (κ2) is 9.91. The summed E-state index contributed by atoms with van der Waals surface area (Å²) >= 11 is 0. The lowest BCUT2D eigenvalue weighted by Gasteiger charge is -2.34. The second-order valence-electron chi connectivity index (χ2n) is 9.92. The molecule has 0 radical (unpaired) electrons. The van der Waals surface area contributed by atoms with Gasteiger partial charge in [-0.05, 0) is 82.9 Å². The average Bonchev–Trinajstić information content (AvgIpc) is 2.71. The van der Waals surface area contributed by atoms with Gasteiger partial charge in [-0.1, -0.05) is 12.1 Å². The molecule has 1 aromatic heterocycles. The number of pyridine rings is 1. The van der Waals surface area contributed by atoms with Gasteiger partial charge < -0.3 is 14.4 Å². The number of aromatic nitrogens is 1. The van der Waals surface area contributed by atoms with E-state index >= 15 is 0 Å². The van der Waals surface area contributed by atoms with E-state index in [1.165, 1.54) is 11.8 Å². The van der Waals surface area contributed by atoms with Crippen LogP contribution in [0.1, 0.15) is 64.1 Å². The van der Waals surface area contributed by atoms with Crippen LogP contribution in [0.2, 0.25) is 0 Å². The standard InChI is InChI=1S/C24H36N2O5S/c1-17-21(10-11-22(25-17)32(5,28)29)19-6-8-20(9-7-19)30-16-18-12-14-26(15-13-18)23(27)31-24(2,3)4/h6,10-11,18,20H,7-9,12-16H2,1-5H3. The quantitative estimate of drug-likeness (QED) is 0.642. The van der Waals surface area contributed by atoms with Crippen LogP contribution in [0.15, 0.2) is 23.2 Å². The Hall–Kier alpha value is -1.93. The molecular weight excluding hydrogens is 428 g/mol. The number of hydrogen-bond donors (Lipinski definition) is 0. The Morgan fingerprint density at radius 1 is 1.19 bits per heavy atom. The van der Waals surface area contributed by atoms with Gasteiger partial charge in [-0.15, -0.1) is 0 Å². The van der Waals surface area contributed by atoms with Crippen LogP contribution in [0.4, 0.5) is 4.79 Å². The van der Waals surface area contributed by atoms with Gasteiger partial charge in [0, 0.05) is 31.6 Å². The molecule has 1 aliphatic carbocycles. The average molecular weight is 465 g/mol. The molecule has 32 heavy (non-hydrogen) atoms. The molecule has 1 amide bonds. The largest absolute Gasteiger partial charge is 0.444 e. The second-order valence-corrected chi connectivity index (χ2v) is 11.9. The summed E-state index contributed by atoms with van der Waals surface area (Å²) in [5.41, 5.74) is 2.51. The Balaban J connectivity index is 1.45. The smallest absolute Gasteiger partial charge is 0.410 e. The summed E-state index contributed by atoms with van der Waals surface area (Å²) in [6.07, 6.45) is 7.90. The molecule has 1 aliphatic heterocycles. The fourth-order valence-corrected chi connectivity index (χ4v) is 4.79.